The van der Waals surface area contributed by atoms with Gasteiger partial charge < -0.3 is 15.0 Å². The molecule has 8 nitrogen and oxygen atoms in total. The van der Waals surface area contributed by atoms with Crippen molar-refractivity contribution < 1.29 is 14.4 Å². The second kappa shape index (κ2) is 11.3. The van der Waals surface area contributed by atoms with Gasteiger partial charge in [-0.2, -0.15) is 5.10 Å². The van der Waals surface area contributed by atoms with Gasteiger partial charge in [-0.25, -0.2) is 9.67 Å². The SMILES string of the molecule is CC(C)C[C@@H](NC(=O)Cc1ccccc1)C(=O)N1CCC[C@@]1(C=O)Cc1cccc(-n2cncn2)c1. The van der Waals surface area contributed by atoms with Crippen molar-refractivity contribution in [3.8, 4) is 5.69 Å². The van der Waals surface area contributed by atoms with Gasteiger partial charge in [0.05, 0.1) is 12.1 Å². The Balaban J connectivity index is 1.53. The highest BCUT2D eigenvalue weighted by atomic mass is 16.2. The van der Waals surface area contributed by atoms with Crippen LogP contribution in [0.25, 0.3) is 5.69 Å². The van der Waals surface area contributed by atoms with Crippen LogP contribution in [-0.4, -0.2) is 55.9 Å². The molecule has 0 saturated carbocycles. The van der Waals surface area contributed by atoms with Gasteiger partial charge in [0.1, 0.15) is 30.5 Å². The van der Waals surface area contributed by atoms with Crippen molar-refractivity contribution in [1.29, 1.82) is 0 Å². The molecule has 1 aliphatic heterocycles. The van der Waals surface area contributed by atoms with Crippen LogP contribution in [-0.2, 0) is 27.2 Å². The second-order valence-electron chi connectivity index (χ2n) is 9.91. The summed E-state index contributed by atoms with van der Waals surface area (Å²) in [5.41, 5.74) is 1.72. The second-order valence-corrected chi connectivity index (χ2v) is 9.91. The Bertz CT molecular complexity index is 1180. The molecule has 0 spiro atoms. The van der Waals surface area contributed by atoms with Gasteiger partial charge in [-0.05, 0) is 48.4 Å². The molecule has 3 aromatic rings. The van der Waals surface area contributed by atoms with E-state index in [2.05, 4.69) is 15.4 Å². The smallest absolute Gasteiger partial charge is 0.245 e. The number of rotatable bonds is 10. The maximum Gasteiger partial charge on any atom is 0.245 e. The number of nitrogens with zero attached hydrogens (tertiary/aromatic N) is 4. The fraction of sp³-hybridized carbons (Fsp3) is 0.393. The Morgan fingerprint density at radius 2 is 1.89 bits per heavy atom. The molecule has 1 saturated heterocycles. The highest BCUT2D eigenvalue weighted by Gasteiger charge is 2.45. The predicted octanol–water partition coefficient (Wildman–Crippen LogP) is 3.14. The van der Waals surface area contributed by atoms with Crippen LogP contribution in [0.15, 0.2) is 67.3 Å². The van der Waals surface area contributed by atoms with E-state index in [1.807, 2.05) is 68.4 Å². The first-order valence-electron chi connectivity index (χ1n) is 12.5. The van der Waals surface area contributed by atoms with Crippen molar-refractivity contribution in [1.82, 2.24) is 25.0 Å². The predicted molar refractivity (Wildman–Crippen MR) is 136 cm³/mol. The van der Waals surface area contributed by atoms with E-state index in [0.717, 1.165) is 29.5 Å². The summed E-state index contributed by atoms with van der Waals surface area (Å²) in [5.74, 6) is -0.192. The van der Waals surface area contributed by atoms with E-state index < -0.39 is 11.6 Å². The minimum absolute atomic E-state index is 0.192. The van der Waals surface area contributed by atoms with E-state index in [0.29, 0.717) is 25.8 Å². The van der Waals surface area contributed by atoms with Crippen LogP contribution >= 0.6 is 0 Å². The van der Waals surface area contributed by atoms with Crippen molar-refractivity contribution in [2.24, 2.45) is 5.92 Å². The third-order valence-corrected chi connectivity index (χ3v) is 6.67. The van der Waals surface area contributed by atoms with Crippen LogP contribution in [0.2, 0.25) is 0 Å². The molecular formula is C28H33N5O3. The molecule has 1 N–H and O–H groups in total. The summed E-state index contributed by atoms with van der Waals surface area (Å²) < 4.78 is 1.66. The molecule has 4 rings (SSSR count). The van der Waals surface area contributed by atoms with Crippen LogP contribution in [0.4, 0.5) is 0 Å². The van der Waals surface area contributed by atoms with Gasteiger partial charge in [0.15, 0.2) is 0 Å². The molecule has 8 heteroatoms. The number of nitrogens with one attached hydrogen (secondary N) is 1. The van der Waals surface area contributed by atoms with Crippen LogP contribution in [0.5, 0.6) is 0 Å². The van der Waals surface area contributed by atoms with Gasteiger partial charge in [-0.3, -0.25) is 9.59 Å². The van der Waals surface area contributed by atoms with Crippen LogP contribution < -0.4 is 5.32 Å². The number of amides is 2. The van der Waals surface area contributed by atoms with Crippen LogP contribution in [0, 0.1) is 5.92 Å². The molecule has 0 bridgehead atoms. The van der Waals surface area contributed by atoms with E-state index in [1.165, 1.54) is 6.33 Å². The first kappa shape index (κ1) is 25.3. The van der Waals surface area contributed by atoms with E-state index in [9.17, 15) is 14.4 Å². The van der Waals surface area contributed by atoms with E-state index in [4.69, 9.17) is 0 Å². The lowest BCUT2D eigenvalue weighted by Gasteiger charge is -2.37. The lowest BCUT2D eigenvalue weighted by molar-refractivity contribution is -0.143. The summed E-state index contributed by atoms with van der Waals surface area (Å²) in [5, 5.41) is 7.14. The van der Waals surface area contributed by atoms with Crippen molar-refractivity contribution in [3.05, 3.63) is 78.4 Å². The zero-order valence-corrected chi connectivity index (χ0v) is 20.8. The molecule has 1 fully saturated rings. The Labute approximate surface area is 211 Å². The minimum Gasteiger partial charge on any atom is -0.344 e. The van der Waals surface area contributed by atoms with Gasteiger partial charge in [0.2, 0.25) is 11.8 Å². The van der Waals surface area contributed by atoms with Crippen LogP contribution in [0.3, 0.4) is 0 Å². The maximum absolute atomic E-state index is 13.8. The Kier molecular flexibility index (Phi) is 7.93. The molecule has 1 aliphatic rings. The normalized spacial score (nSPS) is 18.2. The monoisotopic (exact) mass is 487 g/mol. The van der Waals surface area contributed by atoms with Crippen LogP contribution in [0.1, 0.15) is 44.2 Å². The maximum atomic E-state index is 13.8. The van der Waals surface area contributed by atoms with E-state index in [1.54, 1.807) is 15.9 Å². The lowest BCUT2D eigenvalue weighted by Crippen LogP contribution is -2.57. The average Bonchev–Trinajstić information content (AvgIpc) is 3.55. The number of hydrogen-bond acceptors (Lipinski definition) is 5. The third kappa shape index (κ3) is 5.87. The summed E-state index contributed by atoms with van der Waals surface area (Å²) in [6, 6.07) is 16.5. The number of carbonyl (C=O) groups is 3. The Morgan fingerprint density at radius 1 is 1.11 bits per heavy atom. The average molecular weight is 488 g/mol. The lowest BCUT2D eigenvalue weighted by atomic mass is 9.88. The molecular weight excluding hydrogens is 454 g/mol. The summed E-state index contributed by atoms with van der Waals surface area (Å²) in [6.45, 7) is 4.54. The fourth-order valence-electron chi connectivity index (χ4n) is 4.99. The highest BCUT2D eigenvalue weighted by molar-refractivity contribution is 5.91. The summed E-state index contributed by atoms with van der Waals surface area (Å²) in [4.78, 5) is 44.9. The standard InChI is InChI=1S/C28H33N5O3/c1-21(2)14-25(31-26(35)16-22-8-4-3-5-9-22)27(36)32-13-7-12-28(32,18-34)17-23-10-6-11-24(15-23)33-20-29-19-30-33/h3-6,8-11,15,18-21,25H,7,12-14,16-17H2,1-2H3,(H,31,35)/t25-,28+/m1/s1. The molecule has 2 heterocycles. The number of aldehydes is 1. The number of aromatic nitrogens is 3. The topological polar surface area (TPSA) is 97.2 Å². The molecule has 0 aliphatic carbocycles. The largest absolute Gasteiger partial charge is 0.344 e. The Hall–Kier alpha value is -3.81. The number of hydrogen-bond donors (Lipinski definition) is 1. The zero-order chi connectivity index (χ0) is 25.5. The summed E-state index contributed by atoms with van der Waals surface area (Å²) in [7, 11) is 0. The van der Waals surface area contributed by atoms with Gasteiger partial charge >= 0.3 is 0 Å². The van der Waals surface area contributed by atoms with Crippen molar-refractivity contribution in [2.45, 2.75) is 57.5 Å². The van der Waals surface area contributed by atoms with Crippen molar-refractivity contribution in [2.75, 3.05) is 6.54 Å². The molecule has 2 atom stereocenters. The third-order valence-electron chi connectivity index (χ3n) is 6.67. The first-order chi connectivity index (χ1) is 17.4. The van der Waals surface area contributed by atoms with Gasteiger partial charge in [0, 0.05) is 13.0 Å². The minimum atomic E-state index is -0.947. The molecule has 36 heavy (non-hydrogen) atoms. The van der Waals surface area contributed by atoms with E-state index >= 15 is 0 Å². The molecule has 0 radical (unpaired) electrons. The van der Waals surface area contributed by atoms with Gasteiger partial charge in [-0.15, -0.1) is 0 Å². The first-order valence-corrected chi connectivity index (χ1v) is 12.5. The number of carbonyl (C=O) groups excluding carboxylic acids is 3. The molecule has 2 amide bonds. The fourth-order valence-corrected chi connectivity index (χ4v) is 4.99. The molecule has 2 aromatic carbocycles. The summed E-state index contributed by atoms with van der Waals surface area (Å²) >= 11 is 0. The Morgan fingerprint density at radius 3 is 2.58 bits per heavy atom. The number of benzene rings is 2. The van der Waals surface area contributed by atoms with Gasteiger partial charge in [0.25, 0.3) is 0 Å². The molecule has 188 valence electrons. The van der Waals surface area contributed by atoms with Crippen molar-refractivity contribution in [3.63, 3.8) is 0 Å². The highest BCUT2D eigenvalue weighted by Crippen LogP contribution is 2.33. The van der Waals surface area contributed by atoms with Gasteiger partial charge in [-0.1, -0.05) is 56.3 Å². The quantitative estimate of drug-likeness (QED) is 0.443. The number of likely N-dealkylation sites (tertiary alicyclic amines) is 1. The van der Waals surface area contributed by atoms with Crippen molar-refractivity contribution >= 4 is 18.1 Å². The molecule has 0 unspecified atom stereocenters. The van der Waals surface area contributed by atoms with E-state index in [-0.39, 0.29) is 24.2 Å². The molecule has 1 aromatic heterocycles. The zero-order valence-electron chi connectivity index (χ0n) is 20.8. The summed E-state index contributed by atoms with van der Waals surface area (Å²) in [6.07, 6.45) is 6.44.